The normalized spacial score (nSPS) is 12.5. The van der Waals surface area contributed by atoms with E-state index in [2.05, 4.69) is 5.32 Å². The number of nitrogens with one attached hydrogen (secondary N) is 1. The first kappa shape index (κ1) is 15.9. The van der Waals surface area contributed by atoms with Gasteiger partial charge in [-0.15, -0.1) is 0 Å². The molecule has 21 heavy (non-hydrogen) atoms. The van der Waals surface area contributed by atoms with E-state index in [9.17, 15) is 13.2 Å². The Labute approximate surface area is 126 Å². The summed E-state index contributed by atoms with van der Waals surface area (Å²) in [7, 11) is 1.61. The van der Waals surface area contributed by atoms with Crippen LogP contribution < -0.4 is 5.32 Å². The van der Waals surface area contributed by atoms with Gasteiger partial charge < -0.3 is 5.32 Å². The minimum Gasteiger partial charge on any atom is -0.313 e. The minimum absolute atomic E-state index is 0.0297. The molecule has 1 nitrogen and oxygen atoms in total. The molecule has 0 aromatic heterocycles. The topological polar surface area (TPSA) is 12.0 Å². The first-order valence-corrected chi connectivity index (χ1v) is 6.87. The maximum absolute atomic E-state index is 14.2. The Kier molecular flexibility index (Phi) is 4.91. The lowest BCUT2D eigenvalue weighted by molar-refractivity contribution is 0.486. The molecule has 1 N–H and O–H groups in total. The van der Waals surface area contributed by atoms with Crippen LogP contribution in [0, 0.1) is 24.4 Å². The lowest BCUT2D eigenvalue weighted by atomic mass is 9.96. The van der Waals surface area contributed by atoms with Gasteiger partial charge in [-0.1, -0.05) is 23.7 Å². The molecule has 0 spiro atoms. The van der Waals surface area contributed by atoms with Crippen LogP contribution in [0.15, 0.2) is 30.3 Å². The van der Waals surface area contributed by atoms with E-state index >= 15 is 0 Å². The molecular weight excluding hydrogens is 299 g/mol. The van der Waals surface area contributed by atoms with Gasteiger partial charge in [0.1, 0.15) is 17.5 Å². The van der Waals surface area contributed by atoms with E-state index in [-0.39, 0.29) is 17.0 Å². The van der Waals surface area contributed by atoms with Gasteiger partial charge in [0.15, 0.2) is 0 Å². The lowest BCUT2D eigenvalue weighted by Crippen LogP contribution is -2.22. The molecule has 2 aromatic carbocycles. The van der Waals surface area contributed by atoms with Crippen molar-refractivity contribution in [2.24, 2.45) is 0 Å². The van der Waals surface area contributed by atoms with E-state index in [0.717, 1.165) is 0 Å². The van der Waals surface area contributed by atoms with Crippen LogP contribution in [0.4, 0.5) is 13.2 Å². The van der Waals surface area contributed by atoms with Crippen molar-refractivity contribution < 1.29 is 13.2 Å². The molecule has 0 radical (unpaired) electrons. The number of hydrogen-bond donors (Lipinski definition) is 1. The molecule has 5 heteroatoms. The van der Waals surface area contributed by atoms with Crippen LogP contribution in [0.2, 0.25) is 5.02 Å². The monoisotopic (exact) mass is 313 g/mol. The molecule has 0 saturated heterocycles. The summed E-state index contributed by atoms with van der Waals surface area (Å²) in [4.78, 5) is 0. The standard InChI is InChI=1S/C16H15ClF3N/c1-9-3-6-13(19)15(16(9)20)14(21-2)7-10-4-5-11(18)8-12(10)17/h3-6,8,14,21H,7H2,1-2H3. The fourth-order valence-electron chi connectivity index (χ4n) is 2.25. The molecular formula is C16H15ClF3N. The van der Waals surface area contributed by atoms with E-state index in [1.165, 1.54) is 30.3 Å². The molecule has 0 aliphatic heterocycles. The zero-order valence-electron chi connectivity index (χ0n) is 11.7. The number of halogens is 4. The zero-order valence-corrected chi connectivity index (χ0v) is 12.4. The van der Waals surface area contributed by atoms with Crippen LogP contribution in [0.1, 0.15) is 22.7 Å². The largest absolute Gasteiger partial charge is 0.313 e. The van der Waals surface area contributed by atoms with Gasteiger partial charge >= 0.3 is 0 Å². The molecule has 1 atom stereocenters. The van der Waals surface area contributed by atoms with Gasteiger partial charge in [0, 0.05) is 16.6 Å². The highest BCUT2D eigenvalue weighted by Crippen LogP contribution is 2.28. The minimum atomic E-state index is -0.615. The number of benzene rings is 2. The van der Waals surface area contributed by atoms with E-state index < -0.39 is 23.5 Å². The lowest BCUT2D eigenvalue weighted by Gasteiger charge is -2.19. The highest BCUT2D eigenvalue weighted by molar-refractivity contribution is 6.31. The summed E-state index contributed by atoms with van der Waals surface area (Å²) in [5.41, 5.74) is 0.965. The Balaban J connectivity index is 2.39. The summed E-state index contributed by atoms with van der Waals surface area (Å²) >= 11 is 5.97. The van der Waals surface area contributed by atoms with E-state index in [4.69, 9.17) is 11.6 Å². The molecule has 0 aliphatic carbocycles. The summed E-state index contributed by atoms with van der Waals surface area (Å²) in [5, 5.41) is 3.12. The van der Waals surface area contributed by atoms with Gasteiger partial charge in [0.25, 0.3) is 0 Å². The van der Waals surface area contributed by atoms with Crippen molar-refractivity contribution in [3.63, 3.8) is 0 Å². The molecule has 2 rings (SSSR count). The Morgan fingerprint density at radius 3 is 2.48 bits per heavy atom. The third-order valence-corrected chi connectivity index (χ3v) is 3.81. The van der Waals surface area contributed by atoms with E-state index in [1.54, 1.807) is 14.0 Å². The highest BCUT2D eigenvalue weighted by Gasteiger charge is 2.21. The van der Waals surface area contributed by atoms with E-state index in [1.807, 2.05) is 0 Å². The number of hydrogen-bond acceptors (Lipinski definition) is 1. The van der Waals surface area contributed by atoms with Crippen molar-refractivity contribution in [1.82, 2.24) is 5.32 Å². The molecule has 1 unspecified atom stereocenters. The second-order valence-electron chi connectivity index (χ2n) is 4.87. The predicted octanol–water partition coefficient (Wildman–Crippen LogP) is 4.57. The molecule has 0 aliphatic rings. The third-order valence-electron chi connectivity index (χ3n) is 3.46. The van der Waals surface area contributed by atoms with Gasteiger partial charge in [-0.05, 0) is 49.7 Å². The van der Waals surface area contributed by atoms with Gasteiger partial charge in [-0.2, -0.15) is 0 Å². The van der Waals surface area contributed by atoms with Crippen molar-refractivity contribution in [3.05, 3.63) is 69.5 Å². The molecule has 0 heterocycles. The number of likely N-dealkylation sites (N-methyl/N-ethyl adjacent to an activating group) is 1. The Morgan fingerprint density at radius 2 is 1.86 bits per heavy atom. The summed E-state index contributed by atoms with van der Waals surface area (Å²) in [6.07, 6.45) is 0.257. The van der Waals surface area contributed by atoms with Gasteiger partial charge in [0.2, 0.25) is 0 Å². The van der Waals surface area contributed by atoms with Crippen molar-refractivity contribution in [2.75, 3.05) is 7.05 Å². The summed E-state index contributed by atoms with van der Waals surface area (Å²) in [6.45, 7) is 1.58. The quantitative estimate of drug-likeness (QED) is 0.872. The van der Waals surface area contributed by atoms with Crippen molar-refractivity contribution in [1.29, 1.82) is 0 Å². The maximum atomic E-state index is 14.2. The fraction of sp³-hybridized carbons (Fsp3) is 0.250. The Bertz CT molecular complexity index is 658. The van der Waals surface area contributed by atoms with Crippen molar-refractivity contribution in [3.8, 4) is 0 Å². The summed E-state index contributed by atoms with van der Waals surface area (Å²) < 4.78 is 41.2. The first-order chi connectivity index (χ1) is 9.93. The van der Waals surface area contributed by atoms with Crippen molar-refractivity contribution in [2.45, 2.75) is 19.4 Å². The van der Waals surface area contributed by atoms with Crippen LogP contribution in [0.5, 0.6) is 0 Å². The summed E-state index contributed by atoms with van der Waals surface area (Å²) in [5.74, 6) is -1.64. The first-order valence-electron chi connectivity index (χ1n) is 6.49. The molecule has 0 fully saturated rings. The smallest absolute Gasteiger partial charge is 0.133 e. The van der Waals surface area contributed by atoms with Gasteiger partial charge in [-0.25, -0.2) is 13.2 Å². The molecule has 0 amide bonds. The molecule has 0 bridgehead atoms. The van der Waals surface area contributed by atoms with Crippen LogP contribution >= 0.6 is 11.6 Å². The Morgan fingerprint density at radius 1 is 1.14 bits per heavy atom. The number of rotatable bonds is 4. The second kappa shape index (κ2) is 6.50. The van der Waals surface area contributed by atoms with Crippen LogP contribution in [-0.4, -0.2) is 7.05 Å². The molecule has 2 aromatic rings. The van der Waals surface area contributed by atoms with Crippen LogP contribution in [0.3, 0.4) is 0 Å². The average Bonchev–Trinajstić information content (AvgIpc) is 2.44. The number of aryl methyl sites for hydroxylation is 1. The second-order valence-corrected chi connectivity index (χ2v) is 5.28. The average molecular weight is 314 g/mol. The van der Waals surface area contributed by atoms with Gasteiger partial charge in [-0.3, -0.25) is 0 Å². The molecule has 0 saturated carbocycles. The van der Waals surface area contributed by atoms with Crippen LogP contribution in [0.25, 0.3) is 0 Å². The van der Waals surface area contributed by atoms with Gasteiger partial charge in [0.05, 0.1) is 0 Å². The molecule has 112 valence electrons. The van der Waals surface area contributed by atoms with E-state index in [0.29, 0.717) is 11.1 Å². The predicted molar refractivity (Wildman–Crippen MR) is 78.0 cm³/mol. The van der Waals surface area contributed by atoms with Crippen molar-refractivity contribution >= 4 is 11.6 Å². The third kappa shape index (κ3) is 3.39. The zero-order chi connectivity index (χ0) is 15.6. The SMILES string of the molecule is CNC(Cc1ccc(F)cc1Cl)c1c(F)ccc(C)c1F. The highest BCUT2D eigenvalue weighted by atomic mass is 35.5. The fourth-order valence-corrected chi connectivity index (χ4v) is 2.50. The Hall–Kier alpha value is -1.52. The van der Waals surface area contributed by atoms with Crippen LogP contribution in [-0.2, 0) is 6.42 Å². The maximum Gasteiger partial charge on any atom is 0.133 e. The summed E-state index contributed by atoms with van der Waals surface area (Å²) in [6, 6.07) is 6.03.